The minimum atomic E-state index is -0.359. The Kier molecular flexibility index (Phi) is 5.90. The first-order chi connectivity index (χ1) is 10.2. The van der Waals surface area contributed by atoms with Crippen LogP contribution in [0, 0.1) is 10.1 Å². The van der Waals surface area contributed by atoms with Crippen molar-refractivity contribution in [3.63, 3.8) is 0 Å². The quantitative estimate of drug-likeness (QED) is 0.619. The molecule has 1 aliphatic carbocycles. The van der Waals surface area contributed by atoms with E-state index >= 15 is 0 Å². The lowest BCUT2D eigenvalue weighted by Gasteiger charge is -2.26. The fraction of sp³-hybridized carbons (Fsp3) is 0.500. The maximum Gasteiger partial charge on any atom is 0.276 e. The summed E-state index contributed by atoms with van der Waals surface area (Å²) in [7, 11) is 0. The molecule has 21 heavy (non-hydrogen) atoms. The van der Waals surface area contributed by atoms with E-state index in [1.54, 1.807) is 24.3 Å². The van der Waals surface area contributed by atoms with Crippen molar-refractivity contribution in [3.8, 4) is 0 Å². The molecule has 1 aromatic carbocycles. The number of hydrogen-bond donors (Lipinski definition) is 1. The molecule has 5 heteroatoms. The van der Waals surface area contributed by atoms with Gasteiger partial charge in [0.1, 0.15) is 0 Å². The van der Waals surface area contributed by atoms with E-state index in [2.05, 4.69) is 4.90 Å². The highest BCUT2D eigenvalue weighted by atomic mass is 16.6. The third kappa shape index (κ3) is 4.37. The zero-order valence-electron chi connectivity index (χ0n) is 12.1. The predicted molar refractivity (Wildman–Crippen MR) is 83.0 cm³/mol. The number of para-hydroxylation sites is 1. The summed E-state index contributed by atoms with van der Waals surface area (Å²) >= 11 is 0. The number of aliphatic hydroxyl groups excluding tert-OH is 1. The Balaban J connectivity index is 2.01. The Labute approximate surface area is 125 Å². The molecular formula is C16H22N2O3. The molecule has 0 aromatic heterocycles. The molecule has 0 heterocycles. The van der Waals surface area contributed by atoms with Crippen LogP contribution in [0.4, 0.5) is 5.69 Å². The molecule has 1 aromatic rings. The van der Waals surface area contributed by atoms with Crippen molar-refractivity contribution in [3.05, 3.63) is 46.0 Å². The Morgan fingerprint density at radius 2 is 2.05 bits per heavy atom. The van der Waals surface area contributed by atoms with Gasteiger partial charge in [0, 0.05) is 25.2 Å². The van der Waals surface area contributed by atoms with Gasteiger partial charge in [-0.15, -0.1) is 0 Å². The predicted octanol–water partition coefficient (Wildman–Crippen LogP) is 2.84. The molecule has 114 valence electrons. The molecule has 5 nitrogen and oxygen atoms in total. The molecule has 1 aliphatic rings. The second-order valence-corrected chi connectivity index (χ2v) is 5.38. The minimum absolute atomic E-state index is 0.128. The summed E-state index contributed by atoms with van der Waals surface area (Å²) in [5.41, 5.74) is 0.751. The van der Waals surface area contributed by atoms with Crippen molar-refractivity contribution < 1.29 is 10.0 Å². The lowest BCUT2D eigenvalue weighted by molar-refractivity contribution is -0.385. The van der Waals surface area contributed by atoms with Crippen molar-refractivity contribution >= 4 is 11.8 Å². The molecule has 1 fully saturated rings. The van der Waals surface area contributed by atoms with Crippen molar-refractivity contribution in [1.82, 2.24) is 4.90 Å². The molecule has 1 N–H and O–H groups in total. The van der Waals surface area contributed by atoms with E-state index in [4.69, 9.17) is 0 Å². The second-order valence-electron chi connectivity index (χ2n) is 5.38. The van der Waals surface area contributed by atoms with Gasteiger partial charge in [0.15, 0.2) is 0 Å². The Bertz CT molecular complexity index is 496. The van der Waals surface area contributed by atoms with Gasteiger partial charge in [0.25, 0.3) is 5.69 Å². The van der Waals surface area contributed by atoms with E-state index in [1.807, 2.05) is 6.08 Å². The van der Waals surface area contributed by atoms with Gasteiger partial charge in [-0.1, -0.05) is 37.1 Å². The normalized spacial score (nSPS) is 16.1. The lowest BCUT2D eigenvalue weighted by Crippen LogP contribution is -2.35. The van der Waals surface area contributed by atoms with Gasteiger partial charge >= 0.3 is 0 Å². The summed E-state index contributed by atoms with van der Waals surface area (Å²) in [5.74, 6) is 0. The number of hydrogen-bond acceptors (Lipinski definition) is 4. The first-order valence-electron chi connectivity index (χ1n) is 7.47. The third-order valence-electron chi connectivity index (χ3n) is 4.00. The molecule has 0 unspecified atom stereocenters. The minimum Gasteiger partial charge on any atom is -0.395 e. The molecule has 0 spiro atoms. The average Bonchev–Trinajstić information content (AvgIpc) is 3.01. The topological polar surface area (TPSA) is 66.6 Å². The Hall–Kier alpha value is -1.72. The van der Waals surface area contributed by atoms with Crippen molar-refractivity contribution in [1.29, 1.82) is 0 Å². The number of nitro benzene ring substituents is 1. The van der Waals surface area contributed by atoms with Crippen LogP contribution < -0.4 is 0 Å². The van der Waals surface area contributed by atoms with E-state index in [9.17, 15) is 15.2 Å². The zero-order chi connectivity index (χ0) is 15.1. The molecule has 0 aliphatic heterocycles. The van der Waals surface area contributed by atoms with Gasteiger partial charge < -0.3 is 5.11 Å². The van der Waals surface area contributed by atoms with Crippen molar-refractivity contribution in [2.75, 3.05) is 19.7 Å². The highest BCUT2D eigenvalue weighted by molar-refractivity contribution is 5.60. The Morgan fingerprint density at radius 1 is 1.33 bits per heavy atom. The molecule has 0 saturated heterocycles. The number of rotatable bonds is 7. The highest BCUT2D eigenvalue weighted by Gasteiger charge is 2.21. The average molecular weight is 290 g/mol. The van der Waals surface area contributed by atoms with Crippen LogP contribution in [0.3, 0.4) is 0 Å². The van der Waals surface area contributed by atoms with E-state index in [0.29, 0.717) is 18.2 Å². The molecule has 0 atom stereocenters. The van der Waals surface area contributed by atoms with Gasteiger partial charge in [-0.2, -0.15) is 0 Å². The summed E-state index contributed by atoms with van der Waals surface area (Å²) < 4.78 is 0. The molecular weight excluding hydrogens is 268 g/mol. The van der Waals surface area contributed by atoms with Crippen LogP contribution in [0.15, 0.2) is 30.3 Å². The van der Waals surface area contributed by atoms with Crippen LogP contribution in [0.1, 0.15) is 31.2 Å². The third-order valence-corrected chi connectivity index (χ3v) is 4.00. The largest absolute Gasteiger partial charge is 0.395 e. The summed E-state index contributed by atoms with van der Waals surface area (Å²) in [6, 6.07) is 7.27. The van der Waals surface area contributed by atoms with Gasteiger partial charge in [0.2, 0.25) is 0 Å². The molecule has 0 radical (unpaired) electrons. The number of benzene rings is 1. The molecule has 0 bridgehead atoms. The fourth-order valence-electron chi connectivity index (χ4n) is 2.93. The first kappa shape index (κ1) is 15.7. The summed E-state index contributed by atoms with van der Waals surface area (Å²) in [6.07, 6.45) is 8.62. The monoisotopic (exact) mass is 290 g/mol. The molecule has 1 saturated carbocycles. The van der Waals surface area contributed by atoms with Gasteiger partial charge in [-0.25, -0.2) is 0 Å². The molecule has 0 amide bonds. The van der Waals surface area contributed by atoms with E-state index < -0.39 is 0 Å². The van der Waals surface area contributed by atoms with E-state index in [1.165, 1.54) is 31.7 Å². The van der Waals surface area contributed by atoms with Crippen LogP contribution in [0.2, 0.25) is 0 Å². The van der Waals surface area contributed by atoms with Crippen LogP contribution in [0.25, 0.3) is 6.08 Å². The lowest BCUT2D eigenvalue weighted by atomic mass is 10.1. The van der Waals surface area contributed by atoms with Gasteiger partial charge in [-0.05, 0) is 18.9 Å². The maximum atomic E-state index is 11.0. The standard InChI is InChI=1S/C16H22N2O3/c19-13-12-17(15-8-2-3-9-15)11-5-7-14-6-1-4-10-16(14)18(20)21/h1,4-7,10,15,19H,2-3,8-9,11-13H2/b7-5+. The highest BCUT2D eigenvalue weighted by Crippen LogP contribution is 2.23. The maximum absolute atomic E-state index is 11.0. The van der Waals surface area contributed by atoms with Crippen LogP contribution in [-0.4, -0.2) is 40.7 Å². The summed E-state index contributed by atoms with van der Waals surface area (Å²) in [6.45, 7) is 1.53. The van der Waals surface area contributed by atoms with Crippen molar-refractivity contribution in [2.45, 2.75) is 31.7 Å². The number of nitrogens with zero attached hydrogens (tertiary/aromatic N) is 2. The number of nitro groups is 1. The first-order valence-corrected chi connectivity index (χ1v) is 7.47. The molecule has 2 rings (SSSR count). The van der Waals surface area contributed by atoms with Crippen molar-refractivity contribution in [2.24, 2.45) is 0 Å². The zero-order valence-corrected chi connectivity index (χ0v) is 12.1. The van der Waals surface area contributed by atoms with Crippen LogP contribution >= 0.6 is 0 Å². The second kappa shape index (κ2) is 7.90. The summed E-state index contributed by atoms with van der Waals surface area (Å²) in [5, 5.41) is 20.1. The van der Waals surface area contributed by atoms with E-state index in [-0.39, 0.29) is 17.2 Å². The smallest absolute Gasteiger partial charge is 0.276 e. The van der Waals surface area contributed by atoms with E-state index in [0.717, 1.165) is 6.54 Å². The van der Waals surface area contributed by atoms with Gasteiger partial charge in [0.05, 0.1) is 17.1 Å². The fourth-order valence-corrected chi connectivity index (χ4v) is 2.93. The SMILES string of the molecule is O=[N+]([O-])c1ccccc1/C=C/CN(CCO)C1CCCC1. The van der Waals surface area contributed by atoms with Crippen LogP contribution in [0.5, 0.6) is 0 Å². The summed E-state index contributed by atoms with van der Waals surface area (Å²) in [4.78, 5) is 12.9. The van der Waals surface area contributed by atoms with Crippen LogP contribution in [-0.2, 0) is 0 Å². The Morgan fingerprint density at radius 3 is 2.71 bits per heavy atom. The van der Waals surface area contributed by atoms with Gasteiger partial charge in [-0.3, -0.25) is 15.0 Å². The number of aliphatic hydroxyl groups is 1.